The number of thiazole rings is 1. The van der Waals surface area contributed by atoms with Crippen molar-refractivity contribution >= 4 is 17.2 Å². The minimum atomic E-state index is -0.167. The number of carbonyl (C=O) groups is 1. The van der Waals surface area contributed by atoms with Crippen LogP contribution in [0.1, 0.15) is 16.2 Å². The number of aromatic nitrogens is 6. The highest BCUT2D eigenvalue weighted by Gasteiger charge is 2.24. The minimum Gasteiger partial charge on any atom is -0.375 e. The molecule has 0 aliphatic carbocycles. The van der Waals surface area contributed by atoms with Gasteiger partial charge in [-0.2, -0.15) is 5.10 Å². The zero-order valence-corrected chi connectivity index (χ0v) is 14.4. The van der Waals surface area contributed by atoms with Crippen molar-refractivity contribution in [3.63, 3.8) is 0 Å². The zero-order valence-electron chi connectivity index (χ0n) is 13.6. The Labute approximate surface area is 147 Å². The van der Waals surface area contributed by atoms with Gasteiger partial charge in [0.15, 0.2) is 0 Å². The lowest BCUT2D eigenvalue weighted by Crippen LogP contribution is -2.33. The first-order chi connectivity index (χ1) is 12.2. The van der Waals surface area contributed by atoms with Gasteiger partial charge >= 0.3 is 0 Å². The van der Waals surface area contributed by atoms with E-state index in [1.807, 2.05) is 17.8 Å². The van der Waals surface area contributed by atoms with E-state index in [9.17, 15) is 4.79 Å². The molecule has 1 unspecified atom stereocenters. The third-order valence-corrected chi connectivity index (χ3v) is 4.73. The van der Waals surface area contributed by atoms with Crippen LogP contribution in [0, 0.1) is 5.92 Å². The molecule has 9 nitrogen and oxygen atoms in total. The molecule has 25 heavy (non-hydrogen) atoms. The average molecular weight is 359 g/mol. The molecule has 1 aliphatic rings. The summed E-state index contributed by atoms with van der Waals surface area (Å²) in [5, 5.41) is 17.4. The number of amides is 1. The molecule has 0 radical (unpaired) electrons. The SMILES string of the molecule is Cn1nccc1-c1nnn2c1COCC(CNC(=O)c1cscn1)C2. The van der Waals surface area contributed by atoms with E-state index in [0.717, 1.165) is 17.1 Å². The van der Waals surface area contributed by atoms with Crippen LogP contribution in [0.2, 0.25) is 0 Å². The van der Waals surface area contributed by atoms with Crippen LogP contribution >= 0.6 is 11.3 Å². The summed E-state index contributed by atoms with van der Waals surface area (Å²) in [5.41, 5.74) is 4.70. The maximum Gasteiger partial charge on any atom is 0.270 e. The molecule has 0 spiro atoms. The van der Waals surface area contributed by atoms with Gasteiger partial charge in [-0.1, -0.05) is 5.21 Å². The number of hydrogen-bond donors (Lipinski definition) is 1. The van der Waals surface area contributed by atoms with Gasteiger partial charge in [0.2, 0.25) is 0 Å². The molecule has 1 atom stereocenters. The Morgan fingerprint density at radius 2 is 2.44 bits per heavy atom. The highest BCUT2D eigenvalue weighted by Crippen LogP contribution is 2.23. The fourth-order valence-electron chi connectivity index (χ4n) is 2.82. The molecule has 10 heteroatoms. The largest absolute Gasteiger partial charge is 0.375 e. The Morgan fingerprint density at radius 3 is 3.20 bits per heavy atom. The molecule has 4 heterocycles. The number of hydrogen-bond acceptors (Lipinski definition) is 7. The Hall–Kier alpha value is -2.59. The number of nitrogens with one attached hydrogen (secondary N) is 1. The number of ether oxygens (including phenoxy) is 1. The molecule has 0 bridgehead atoms. The second-order valence-electron chi connectivity index (χ2n) is 5.87. The predicted molar refractivity (Wildman–Crippen MR) is 89.8 cm³/mol. The van der Waals surface area contributed by atoms with E-state index >= 15 is 0 Å². The third-order valence-electron chi connectivity index (χ3n) is 4.14. The van der Waals surface area contributed by atoms with Gasteiger partial charge in [-0.05, 0) is 6.07 Å². The Kier molecular flexibility index (Phi) is 4.28. The quantitative estimate of drug-likeness (QED) is 0.736. The molecular formula is C15H17N7O2S. The predicted octanol–water partition coefficient (Wildman–Crippen LogP) is 0.711. The third kappa shape index (κ3) is 3.17. The van der Waals surface area contributed by atoms with Crippen molar-refractivity contribution in [1.82, 2.24) is 35.1 Å². The Balaban J connectivity index is 1.46. The monoisotopic (exact) mass is 359 g/mol. The van der Waals surface area contributed by atoms with E-state index in [0.29, 0.717) is 32.0 Å². The second kappa shape index (κ2) is 6.73. The molecule has 130 valence electrons. The molecule has 1 aliphatic heterocycles. The number of nitrogens with zero attached hydrogens (tertiary/aromatic N) is 6. The van der Waals surface area contributed by atoms with Gasteiger partial charge in [-0.15, -0.1) is 16.4 Å². The summed E-state index contributed by atoms with van der Waals surface area (Å²) in [6.07, 6.45) is 1.73. The van der Waals surface area contributed by atoms with Crippen LogP contribution in [0.5, 0.6) is 0 Å². The van der Waals surface area contributed by atoms with Crippen LogP contribution in [-0.2, 0) is 24.9 Å². The van der Waals surface area contributed by atoms with Crippen molar-refractivity contribution in [3.05, 3.63) is 34.5 Å². The van der Waals surface area contributed by atoms with E-state index in [-0.39, 0.29) is 11.8 Å². The van der Waals surface area contributed by atoms with Crippen LogP contribution in [0.4, 0.5) is 0 Å². The zero-order chi connectivity index (χ0) is 17.2. The van der Waals surface area contributed by atoms with Crippen molar-refractivity contribution in [2.45, 2.75) is 13.2 Å². The fraction of sp³-hybridized carbons (Fsp3) is 0.400. The standard InChI is InChI=1S/C15H17N7O2S/c1-21-12(2-3-18-21)14-13-7-24-6-10(5-22(13)20-19-14)4-16-15(23)11-8-25-9-17-11/h2-3,8-10H,4-7H2,1H3,(H,16,23). The van der Waals surface area contributed by atoms with Gasteiger partial charge in [0.05, 0.1) is 30.1 Å². The summed E-state index contributed by atoms with van der Waals surface area (Å²) < 4.78 is 9.42. The van der Waals surface area contributed by atoms with Crippen LogP contribution in [0.25, 0.3) is 11.4 Å². The van der Waals surface area contributed by atoms with Gasteiger partial charge < -0.3 is 10.1 Å². The maximum absolute atomic E-state index is 12.0. The van der Waals surface area contributed by atoms with Crippen LogP contribution in [0.3, 0.4) is 0 Å². The van der Waals surface area contributed by atoms with E-state index in [4.69, 9.17) is 4.74 Å². The summed E-state index contributed by atoms with van der Waals surface area (Å²) in [6, 6.07) is 1.90. The fourth-order valence-corrected chi connectivity index (χ4v) is 3.35. The highest BCUT2D eigenvalue weighted by molar-refractivity contribution is 7.07. The van der Waals surface area contributed by atoms with Crippen molar-refractivity contribution in [3.8, 4) is 11.4 Å². The molecule has 0 aromatic carbocycles. The molecule has 0 saturated carbocycles. The smallest absolute Gasteiger partial charge is 0.270 e. The van der Waals surface area contributed by atoms with Crippen LogP contribution < -0.4 is 5.32 Å². The van der Waals surface area contributed by atoms with Gasteiger partial charge in [0.25, 0.3) is 5.91 Å². The number of carbonyl (C=O) groups excluding carboxylic acids is 1. The lowest BCUT2D eigenvalue weighted by molar-refractivity contribution is 0.0850. The molecule has 4 rings (SSSR count). The summed E-state index contributed by atoms with van der Waals surface area (Å²) >= 11 is 1.40. The van der Waals surface area contributed by atoms with Crippen LogP contribution in [0.15, 0.2) is 23.2 Å². The van der Waals surface area contributed by atoms with E-state index in [1.165, 1.54) is 11.3 Å². The molecule has 3 aromatic rings. The molecule has 0 saturated heterocycles. The normalized spacial score (nSPS) is 17.1. The molecular weight excluding hydrogens is 342 g/mol. The van der Waals surface area contributed by atoms with E-state index in [1.54, 1.807) is 21.8 Å². The average Bonchev–Trinajstić information content (AvgIpc) is 3.32. The minimum absolute atomic E-state index is 0.116. The maximum atomic E-state index is 12.0. The van der Waals surface area contributed by atoms with Gasteiger partial charge in [-0.25, -0.2) is 9.67 Å². The molecule has 1 amide bonds. The van der Waals surface area contributed by atoms with Crippen molar-refractivity contribution in [1.29, 1.82) is 0 Å². The second-order valence-corrected chi connectivity index (χ2v) is 6.59. The van der Waals surface area contributed by atoms with E-state index < -0.39 is 0 Å². The topological polar surface area (TPSA) is 99.8 Å². The lowest BCUT2D eigenvalue weighted by atomic mass is 10.1. The first kappa shape index (κ1) is 15.9. The number of fused-ring (bicyclic) bond motifs is 1. The van der Waals surface area contributed by atoms with Crippen molar-refractivity contribution in [2.24, 2.45) is 13.0 Å². The van der Waals surface area contributed by atoms with Gasteiger partial charge in [0, 0.05) is 37.6 Å². The van der Waals surface area contributed by atoms with E-state index in [2.05, 4.69) is 25.7 Å². The van der Waals surface area contributed by atoms with Crippen LogP contribution in [-0.4, -0.2) is 48.8 Å². The van der Waals surface area contributed by atoms with Crippen molar-refractivity contribution < 1.29 is 9.53 Å². The Morgan fingerprint density at radius 1 is 1.52 bits per heavy atom. The van der Waals surface area contributed by atoms with Gasteiger partial charge in [-0.3, -0.25) is 9.48 Å². The van der Waals surface area contributed by atoms with Gasteiger partial charge in [0.1, 0.15) is 11.4 Å². The highest BCUT2D eigenvalue weighted by atomic mass is 32.1. The first-order valence-corrected chi connectivity index (χ1v) is 8.81. The molecule has 0 fully saturated rings. The number of rotatable bonds is 4. The summed E-state index contributed by atoms with van der Waals surface area (Å²) in [7, 11) is 1.87. The Bertz CT molecular complexity index is 870. The summed E-state index contributed by atoms with van der Waals surface area (Å²) in [5.74, 6) is -0.0511. The number of aryl methyl sites for hydroxylation is 1. The summed E-state index contributed by atoms with van der Waals surface area (Å²) in [6.45, 7) is 2.11. The van der Waals surface area contributed by atoms with Crippen molar-refractivity contribution in [2.75, 3.05) is 13.2 Å². The molecule has 3 aromatic heterocycles. The first-order valence-electron chi connectivity index (χ1n) is 7.87. The molecule has 1 N–H and O–H groups in total. The summed E-state index contributed by atoms with van der Waals surface area (Å²) in [4.78, 5) is 16.0. The lowest BCUT2D eigenvalue weighted by Gasteiger charge is -2.14.